The van der Waals surface area contributed by atoms with E-state index in [0.29, 0.717) is 6.42 Å². The van der Waals surface area contributed by atoms with Gasteiger partial charge < -0.3 is 15.1 Å². The summed E-state index contributed by atoms with van der Waals surface area (Å²) in [4.78, 5) is 11.9. The molecule has 1 unspecified atom stereocenters. The van der Waals surface area contributed by atoms with E-state index >= 15 is 0 Å². The Bertz CT molecular complexity index is 823. The van der Waals surface area contributed by atoms with Crippen LogP contribution in [0.2, 0.25) is 0 Å². The maximum Gasteiger partial charge on any atom is 0.319 e. The van der Waals surface area contributed by atoms with Crippen LogP contribution >= 0.6 is 0 Å². The highest BCUT2D eigenvalue weighted by molar-refractivity contribution is 5.89. The highest BCUT2D eigenvalue weighted by Gasteiger charge is 2.15. The number of carbonyl (C=O) groups is 1. The summed E-state index contributed by atoms with van der Waals surface area (Å²) in [5, 5.41) is 5.81. The number of benzene rings is 2. The van der Waals surface area contributed by atoms with E-state index in [2.05, 4.69) is 10.6 Å². The van der Waals surface area contributed by atoms with E-state index in [9.17, 15) is 13.6 Å². The fourth-order valence-corrected chi connectivity index (χ4v) is 2.48. The Labute approximate surface area is 137 Å². The number of anilines is 1. The van der Waals surface area contributed by atoms with Gasteiger partial charge in [-0.25, -0.2) is 13.6 Å². The molecule has 0 bridgehead atoms. The summed E-state index contributed by atoms with van der Waals surface area (Å²) in [5.41, 5.74) is 0.309. The van der Waals surface area contributed by atoms with E-state index in [1.807, 2.05) is 30.3 Å². The van der Waals surface area contributed by atoms with Crippen molar-refractivity contribution in [1.29, 1.82) is 0 Å². The van der Waals surface area contributed by atoms with Crippen molar-refractivity contribution >= 4 is 22.7 Å². The zero-order chi connectivity index (χ0) is 17.1. The average Bonchev–Trinajstić information content (AvgIpc) is 2.93. The van der Waals surface area contributed by atoms with Gasteiger partial charge in [0.1, 0.15) is 28.7 Å². The molecule has 0 fully saturated rings. The topological polar surface area (TPSA) is 54.3 Å². The van der Waals surface area contributed by atoms with Gasteiger partial charge in [0.2, 0.25) is 0 Å². The van der Waals surface area contributed by atoms with Gasteiger partial charge in [0, 0.05) is 17.8 Å². The van der Waals surface area contributed by atoms with Crippen molar-refractivity contribution in [3.63, 3.8) is 0 Å². The van der Waals surface area contributed by atoms with E-state index in [1.165, 1.54) is 6.07 Å². The molecule has 1 atom stereocenters. The minimum Gasteiger partial charge on any atom is -0.461 e. The van der Waals surface area contributed by atoms with Crippen LogP contribution in [-0.4, -0.2) is 12.1 Å². The third-order valence-corrected chi connectivity index (χ3v) is 3.56. The number of para-hydroxylation sites is 2. The van der Waals surface area contributed by atoms with Crippen LogP contribution in [0.4, 0.5) is 19.3 Å². The van der Waals surface area contributed by atoms with Gasteiger partial charge in [0.05, 0.1) is 0 Å². The predicted molar refractivity (Wildman–Crippen MR) is 87.9 cm³/mol. The number of rotatable bonds is 4. The second kappa shape index (κ2) is 6.70. The van der Waals surface area contributed by atoms with Crippen molar-refractivity contribution in [3.05, 3.63) is 65.9 Å². The Hall–Kier alpha value is -2.89. The van der Waals surface area contributed by atoms with Gasteiger partial charge in [0.15, 0.2) is 0 Å². The van der Waals surface area contributed by atoms with Crippen molar-refractivity contribution in [1.82, 2.24) is 5.32 Å². The maximum atomic E-state index is 13.5. The number of amides is 2. The molecule has 0 aliphatic heterocycles. The lowest BCUT2D eigenvalue weighted by atomic mass is 10.2. The van der Waals surface area contributed by atoms with E-state index in [0.717, 1.165) is 28.9 Å². The highest BCUT2D eigenvalue weighted by Crippen LogP contribution is 2.20. The van der Waals surface area contributed by atoms with Crippen molar-refractivity contribution < 1.29 is 18.0 Å². The largest absolute Gasteiger partial charge is 0.461 e. The molecule has 1 aromatic heterocycles. The summed E-state index contributed by atoms with van der Waals surface area (Å²) in [5.74, 6) is -0.925. The molecule has 0 saturated carbocycles. The van der Waals surface area contributed by atoms with Crippen molar-refractivity contribution in [2.45, 2.75) is 19.4 Å². The Kier molecular flexibility index (Phi) is 4.46. The maximum absolute atomic E-state index is 13.5. The minimum atomic E-state index is -0.824. The SMILES string of the molecule is CC(Cc1cc2ccccc2o1)NC(=O)Nc1c(F)cccc1F. The standard InChI is InChI=1S/C18H16F2N2O2/c1-11(9-13-10-12-5-2-3-8-16(12)24-13)21-18(23)22-17-14(19)6-4-7-15(17)20/h2-8,10-11H,9H2,1H3,(H2,21,22,23). The Morgan fingerprint density at radius 2 is 1.83 bits per heavy atom. The number of furan rings is 1. The Balaban J connectivity index is 1.62. The predicted octanol–water partition coefficient (Wildman–Crippen LogP) is 4.46. The molecular weight excluding hydrogens is 314 g/mol. The number of fused-ring (bicyclic) bond motifs is 1. The van der Waals surface area contributed by atoms with Crippen LogP contribution in [0.25, 0.3) is 11.0 Å². The molecule has 3 aromatic rings. The van der Waals surface area contributed by atoms with Crippen molar-refractivity contribution in [2.75, 3.05) is 5.32 Å². The molecule has 0 radical (unpaired) electrons. The molecule has 6 heteroatoms. The van der Waals surface area contributed by atoms with Crippen LogP contribution < -0.4 is 10.6 Å². The first-order valence-electron chi connectivity index (χ1n) is 7.52. The molecule has 1 heterocycles. The van der Waals surface area contributed by atoms with Gasteiger partial charge >= 0.3 is 6.03 Å². The van der Waals surface area contributed by atoms with Gasteiger partial charge in [-0.3, -0.25) is 0 Å². The average molecular weight is 330 g/mol. The molecule has 0 spiro atoms. The molecule has 3 rings (SSSR count). The Morgan fingerprint density at radius 3 is 2.54 bits per heavy atom. The quantitative estimate of drug-likeness (QED) is 0.742. The van der Waals surface area contributed by atoms with E-state index in [1.54, 1.807) is 6.92 Å². The molecule has 2 amide bonds. The Morgan fingerprint density at radius 1 is 1.12 bits per heavy atom. The fourth-order valence-electron chi connectivity index (χ4n) is 2.48. The second-order valence-corrected chi connectivity index (χ2v) is 5.55. The number of urea groups is 1. The smallest absolute Gasteiger partial charge is 0.319 e. The molecule has 0 saturated heterocycles. The normalized spacial score (nSPS) is 12.1. The van der Waals surface area contributed by atoms with Gasteiger partial charge in [0.25, 0.3) is 0 Å². The zero-order valence-electron chi connectivity index (χ0n) is 13.0. The van der Waals surface area contributed by atoms with E-state index < -0.39 is 23.4 Å². The highest BCUT2D eigenvalue weighted by atomic mass is 19.1. The van der Waals surface area contributed by atoms with Gasteiger partial charge in [-0.1, -0.05) is 24.3 Å². The molecule has 124 valence electrons. The number of hydrogen-bond donors (Lipinski definition) is 2. The lowest BCUT2D eigenvalue weighted by Gasteiger charge is -2.14. The molecule has 2 aromatic carbocycles. The number of hydrogen-bond acceptors (Lipinski definition) is 2. The van der Waals surface area contributed by atoms with Crippen LogP contribution in [0, 0.1) is 11.6 Å². The van der Waals surface area contributed by atoms with Crippen LogP contribution in [0.1, 0.15) is 12.7 Å². The lowest BCUT2D eigenvalue weighted by molar-refractivity contribution is 0.248. The summed E-state index contributed by atoms with van der Waals surface area (Å²) < 4.78 is 32.7. The first kappa shape index (κ1) is 16.0. The van der Waals surface area contributed by atoms with E-state index in [4.69, 9.17) is 4.42 Å². The number of nitrogens with one attached hydrogen (secondary N) is 2. The van der Waals surface area contributed by atoms with Crippen LogP contribution in [0.15, 0.2) is 52.9 Å². The summed E-state index contributed by atoms with van der Waals surface area (Å²) in [6, 6.07) is 11.9. The molecule has 0 aliphatic carbocycles. The first-order chi connectivity index (χ1) is 11.5. The lowest BCUT2D eigenvalue weighted by Crippen LogP contribution is -2.37. The summed E-state index contributed by atoms with van der Waals surface area (Å²) in [6.45, 7) is 1.78. The molecular formula is C18H16F2N2O2. The summed E-state index contributed by atoms with van der Waals surface area (Å²) >= 11 is 0. The van der Waals surface area contributed by atoms with Crippen LogP contribution in [-0.2, 0) is 6.42 Å². The van der Waals surface area contributed by atoms with Gasteiger partial charge in [-0.15, -0.1) is 0 Å². The fraction of sp³-hybridized carbons (Fsp3) is 0.167. The van der Waals surface area contributed by atoms with E-state index in [-0.39, 0.29) is 6.04 Å². The second-order valence-electron chi connectivity index (χ2n) is 5.55. The van der Waals surface area contributed by atoms with Crippen LogP contribution in [0.3, 0.4) is 0 Å². The molecule has 24 heavy (non-hydrogen) atoms. The van der Waals surface area contributed by atoms with Gasteiger partial charge in [-0.2, -0.15) is 0 Å². The zero-order valence-corrected chi connectivity index (χ0v) is 13.0. The first-order valence-corrected chi connectivity index (χ1v) is 7.52. The molecule has 2 N–H and O–H groups in total. The van der Waals surface area contributed by atoms with Crippen LogP contribution in [0.5, 0.6) is 0 Å². The minimum absolute atomic E-state index is 0.277. The summed E-state index contributed by atoms with van der Waals surface area (Å²) in [6.07, 6.45) is 0.460. The summed E-state index contributed by atoms with van der Waals surface area (Å²) in [7, 11) is 0. The van der Waals surface area contributed by atoms with Crippen molar-refractivity contribution in [3.8, 4) is 0 Å². The monoisotopic (exact) mass is 330 g/mol. The third kappa shape index (κ3) is 3.53. The van der Waals surface area contributed by atoms with Crippen molar-refractivity contribution in [2.24, 2.45) is 0 Å². The van der Waals surface area contributed by atoms with Gasteiger partial charge in [-0.05, 0) is 31.2 Å². The third-order valence-electron chi connectivity index (χ3n) is 3.56. The molecule has 4 nitrogen and oxygen atoms in total. The number of halogens is 2. The number of carbonyl (C=O) groups excluding carboxylic acids is 1. The molecule has 0 aliphatic rings.